The van der Waals surface area contributed by atoms with Gasteiger partial charge in [-0.3, -0.25) is 14.5 Å². The zero-order valence-electron chi connectivity index (χ0n) is 13.5. The van der Waals surface area contributed by atoms with Crippen molar-refractivity contribution in [3.8, 4) is 0 Å². The van der Waals surface area contributed by atoms with Gasteiger partial charge in [0.05, 0.1) is 26.3 Å². The third kappa shape index (κ3) is 5.30. The van der Waals surface area contributed by atoms with Crippen molar-refractivity contribution in [2.24, 2.45) is 0 Å². The van der Waals surface area contributed by atoms with Gasteiger partial charge in [0.2, 0.25) is 11.8 Å². The molecule has 1 aromatic carbocycles. The first-order valence-electron chi connectivity index (χ1n) is 7.56. The fourth-order valence-corrected chi connectivity index (χ4v) is 2.36. The van der Waals surface area contributed by atoms with E-state index in [-0.39, 0.29) is 24.9 Å². The van der Waals surface area contributed by atoms with Crippen molar-refractivity contribution in [1.29, 1.82) is 0 Å². The topological polar surface area (TPSA) is 61.9 Å². The van der Waals surface area contributed by atoms with E-state index in [9.17, 15) is 14.0 Å². The van der Waals surface area contributed by atoms with Gasteiger partial charge in [-0.2, -0.15) is 0 Å². The summed E-state index contributed by atoms with van der Waals surface area (Å²) < 4.78 is 18.4. The Kier molecular flexibility index (Phi) is 6.06. The Balaban J connectivity index is 1.82. The summed E-state index contributed by atoms with van der Waals surface area (Å²) in [7, 11) is 1.70. The molecule has 2 rings (SSSR count). The number of carbonyl (C=O) groups is 2. The molecule has 2 amide bonds. The molecule has 0 unspecified atom stereocenters. The number of morpholine rings is 1. The number of benzene rings is 1. The molecule has 1 aliphatic heterocycles. The van der Waals surface area contributed by atoms with Crippen molar-refractivity contribution in [2.75, 3.05) is 51.8 Å². The number of amides is 2. The molecule has 126 valence electrons. The summed E-state index contributed by atoms with van der Waals surface area (Å²) >= 11 is 0. The molecule has 0 bridgehead atoms. The van der Waals surface area contributed by atoms with E-state index in [2.05, 4.69) is 5.32 Å². The third-order valence-electron chi connectivity index (χ3n) is 3.66. The molecule has 23 heavy (non-hydrogen) atoms. The molecule has 7 heteroatoms. The van der Waals surface area contributed by atoms with Crippen LogP contribution in [-0.4, -0.2) is 68.1 Å². The number of hydrogen-bond donors (Lipinski definition) is 1. The van der Waals surface area contributed by atoms with Crippen LogP contribution in [0.1, 0.15) is 5.56 Å². The molecule has 0 aliphatic carbocycles. The largest absolute Gasteiger partial charge is 0.378 e. The van der Waals surface area contributed by atoms with Gasteiger partial charge in [0, 0.05) is 18.8 Å². The molecule has 1 N–H and O–H groups in total. The SMILES string of the molecule is Cc1ccc(F)cc1NC(=O)CN(C)CC(=O)N1CCOCC1. The summed E-state index contributed by atoms with van der Waals surface area (Å²) in [5.74, 6) is -0.705. The van der Waals surface area contributed by atoms with Crippen molar-refractivity contribution in [3.05, 3.63) is 29.6 Å². The lowest BCUT2D eigenvalue weighted by Gasteiger charge is -2.28. The highest BCUT2D eigenvalue weighted by Crippen LogP contribution is 2.15. The van der Waals surface area contributed by atoms with Crippen LogP contribution in [-0.2, 0) is 14.3 Å². The molecule has 0 spiro atoms. The highest BCUT2D eigenvalue weighted by Gasteiger charge is 2.19. The number of halogens is 1. The number of aryl methyl sites for hydroxylation is 1. The maximum absolute atomic E-state index is 13.2. The summed E-state index contributed by atoms with van der Waals surface area (Å²) in [5, 5.41) is 2.67. The normalized spacial score (nSPS) is 14.9. The van der Waals surface area contributed by atoms with E-state index in [0.29, 0.717) is 32.0 Å². The molecule has 6 nitrogen and oxygen atoms in total. The maximum Gasteiger partial charge on any atom is 0.238 e. The minimum atomic E-state index is -0.401. The molecule has 1 fully saturated rings. The van der Waals surface area contributed by atoms with E-state index in [4.69, 9.17) is 4.74 Å². The molecule has 1 aliphatic rings. The van der Waals surface area contributed by atoms with Crippen molar-refractivity contribution in [1.82, 2.24) is 9.80 Å². The van der Waals surface area contributed by atoms with Crippen molar-refractivity contribution < 1.29 is 18.7 Å². The van der Waals surface area contributed by atoms with Crippen LogP contribution in [0, 0.1) is 12.7 Å². The Morgan fingerprint density at radius 1 is 1.30 bits per heavy atom. The molecule has 0 radical (unpaired) electrons. The van der Waals surface area contributed by atoms with Gasteiger partial charge in [-0.05, 0) is 31.7 Å². The third-order valence-corrected chi connectivity index (χ3v) is 3.66. The van der Waals surface area contributed by atoms with E-state index in [1.54, 1.807) is 29.8 Å². The minimum absolute atomic E-state index is 0.0227. The molecule has 0 atom stereocenters. The van der Waals surface area contributed by atoms with Gasteiger partial charge in [0.25, 0.3) is 0 Å². The molecule has 1 heterocycles. The predicted molar refractivity (Wildman–Crippen MR) is 84.7 cm³/mol. The highest BCUT2D eigenvalue weighted by molar-refractivity contribution is 5.93. The summed E-state index contributed by atoms with van der Waals surface area (Å²) in [6, 6.07) is 4.24. The summed E-state index contributed by atoms with van der Waals surface area (Å²) in [5.41, 5.74) is 1.23. The number of hydrogen-bond acceptors (Lipinski definition) is 4. The first kappa shape index (κ1) is 17.4. The number of likely N-dealkylation sites (N-methyl/N-ethyl adjacent to an activating group) is 1. The second kappa shape index (κ2) is 8.03. The van der Waals surface area contributed by atoms with Crippen LogP contribution in [0.25, 0.3) is 0 Å². The second-order valence-electron chi connectivity index (χ2n) is 5.67. The standard InChI is InChI=1S/C16H22FN3O3/c1-12-3-4-13(17)9-14(12)18-15(21)10-19(2)11-16(22)20-5-7-23-8-6-20/h3-4,9H,5-8,10-11H2,1-2H3,(H,18,21). The zero-order valence-corrected chi connectivity index (χ0v) is 13.5. The number of rotatable bonds is 5. The molecular weight excluding hydrogens is 301 g/mol. The quantitative estimate of drug-likeness (QED) is 0.873. The molecular formula is C16H22FN3O3. The Morgan fingerprint density at radius 2 is 2.00 bits per heavy atom. The van der Waals surface area contributed by atoms with Crippen LogP contribution in [0.3, 0.4) is 0 Å². The minimum Gasteiger partial charge on any atom is -0.378 e. The Morgan fingerprint density at radius 3 is 2.70 bits per heavy atom. The monoisotopic (exact) mass is 323 g/mol. The summed E-state index contributed by atoms with van der Waals surface area (Å²) in [6.45, 7) is 4.29. The first-order valence-corrected chi connectivity index (χ1v) is 7.56. The lowest BCUT2D eigenvalue weighted by Crippen LogP contribution is -2.46. The fourth-order valence-electron chi connectivity index (χ4n) is 2.36. The highest BCUT2D eigenvalue weighted by atomic mass is 19.1. The molecule has 1 aromatic rings. The van der Waals surface area contributed by atoms with Gasteiger partial charge in [-0.25, -0.2) is 4.39 Å². The van der Waals surface area contributed by atoms with Gasteiger partial charge in [0.15, 0.2) is 0 Å². The van der Waals surface area contributed by atoms with Crippen LogP contribution in [0.15, 0.2) is 18.2 Å². The number of carbonyl (C=O) groups excluding carboxylic acids is 2. The summed E-state index contributed by atoms with van der Waals surface area (Å²) in [4.78, 5) is 27.5. The Bertz CT molecular complexity index is 574. The van der Waals surface area contributed by atoms with E-state index >= 15 is 0 Å². The average Bonchev–Trinajstić information content (AvgIpc) is 2.51. The second-order valence-corrected chi connectivity index (χ2v) is 5.67. The Hall–Kier alpha value is -1.99. The van der Waals surface area contributed by atoms with Crippen molar-refractivity contribution >= 4 is 17.5 Å². The fraction of sp³-hybridized carbons (Fsp3) is 0.500. The average molecular weight is 323 g/mol. The van der Waals surface area contributed by atoms with E-state index < -0.39 is 5.82 Å². The van der Waals surface area contributed by atoms with E-state index in [0.717, 1.165) is 5.56 Å². The summed E-state index contributed by atoms with van der Waals surface area (Å²) in [6.07, 6.45) is 0. The lowest BCUT2D eigenvalue weighted by molar-refractivity contribution is -0.136. The lowest BCUT2D eigenvalue weighted by atomic mass is 10.2. The van der Waals surface area contributed by atoms with Gasteiger partial charge >= 0.3 is 0 Å². The van der Waals surface area contributed by atoms with Crippen LogP contribution in [0.4, 0.5) is 10.1 Å². The van der Waals surface area contributed by atoms with Gasteiger partial charge < -0.3 is 15.0 Å². The van der Waals surface area contributed by atoms with Crippen LogP contribution < -0.4 is 5.32 Å². The Labute approximate surface area is 135 Å². The first-order chi connectivity index (χ1) is 11.0. The van der Waals surface area contributed by atoms with E-state index in [1.807, 2.05) is 0 Å². The smallest absolute Gasteiger partial charge is 0.238 e. The zero-order chi connectivity index (χ0) is 16.8. The number of anilines is 1. The van der Waals surface area contributed by atoms with Gasteiger partial charge in [0.1, 0.15) is 5.82 Å². The molecule has 0 aromatic heterocycles. The van der Waals surface area contributed by atoms with Crippen molar-refractivity contribution in [2.45, 2.75) is 6.92 Å². The van der Waals surface area contributed by atoms with E-state index in [1.165, 1.54) is 12.1 Å². The van der Waals surface area contributed by atoms with Crippen molar-refractivity contribution in [3.63, 3.8) is 0 Å². The maximum atomic E-state index is 13.2. The number of nitrogens with one attached hydrogen (secondary N) is 1. The predicted octanol–water partition coefficient (Wildman–Crippen LogP) is 0.863. The number of ether oxygens (including phenoxy) is 1. The van der Waals surface area contributed by atoms with Gasteiger partial charge in [-0.15, -0.1) is 0 Å². The van der Waals surface area contributed by atoms with Crippen LogP contribution in [0.5, 0.6) is 0 Å². The van der Waals surface area contributed by atoms with Crippen LogP contribution >= 0.6 is 0 Å². The molecule has 1 saturated heterocycles. The van der Waals surface area contributed by atoms with Gasteiger partial charge in [-0.1, -0.05) is 6.07 Å². The number of nitrogens with zero attached hydrogens (tertiary/aromatic N) is 2. The molecule has 0 saturated carbocycles. The van der Waals surface area contributed by atoms with Crippen LogP contribution in [0.2, 0.25) is 0 Å².